The van der Waals surface area contributed by atoms with Gasteiger partial charge in [-0.1, -0.05) is 0 Å². The number of nitrogens with zero attached hydrogens (tertiary/aromatic N) is 4. The summed E-state index contributed by atoms with van der Waals surface area (Å²) in [6.07, 6.45) is -1.74. The van der Waals surface area contributed by atoms with Crippen LogP contribution in [0, 0.1) is 20.8 Å². The Balaban J connectivity index is 2.51. The maximum Gasteiger partial charge on any atom is 0.339 e. The Hall–Kier alpha value is -2.10. The van der Waals surface area contributed by atoms with Gasteiger partial charge in [0.05, 0.1) is 16.3 Å². The van der Waals surface area contributed by atoms with Crippen LogP contribution in [0.1, 0.15) is 38.5 Å². The van der Waals surface area contributed by atoms with Crippen LogP contribution in [0.15, 0.2) is 10.2 Å². The van der Waals surface area contributed by atoms with Crippen molar-refractivity contribution in [3.05, 3.63) is 27.4 Å². The molecule has 2 rings (SSSR count). The molecule has 0 saturated carbocycles. The minimum atomic E-state index is -1.74. The second-order valence-electron chi connectivity index (χ2n) is 4.79. The summed E-state index contributed by atoms with van der Waals surface area (Å²) in [5.74, 6) is -1.19. The number of aliphatic hydroxyl groups excluding tert-OH is 1. The molecule has 0 aliphatic carbocycles. The van der Waals surface area contributed by atoms with Gasteiger partial charge < -0.3 is 15.3 Å². The summed E-state index contributed by atoms with van der Waals surface area (Å²) in [6, 6.07) is 0. The lowest BCUT2D eigenvalue weighted by molar-refractivity contribution is -0.0399. The molecule has 0 unspecified atom stereocenters. The van der Waals surface area contributed by atoms with Crippen molar-refractivity contribution in [2.75, 3.05) is 0 Å². The molecule has 0 aromatic carbocycles. The molecule has 9 heteroatoms. The Labute approximate surface area is 130 Å². The summed E-state index contributed by atoms with van der Waals surface area (Å²) in [4.78, 5) is 11.5. The third kappa shape index (κ3) is 2.78. The third-order valence-corrected chi connectivity index (χ3v) is 4.54. The van der Waals surface area contributed by atoms with Gasteiger partial charge >= 0.3 is 5.97 Å². The van der Waals surface area contributed by atoms with Gasteiger partial charge in [-0.05, 0) is 26.3 Å². The van der Waals surface area contributed by atoms with Crippen LogP contribution in [0.5, 0.6) is 0 Å². The van der Waals surface area contributed by atoms with Gasteiger partial charge in [-0.3, -0.25) is 4.68 Å². The van der Waals surface area contributed by atoms with E-state index >= 15 is 0 Å². The van der Waals surface area contributed by atoms with Crippen molar-refractivity contribution >= 4 is 28.0 Å². The molecule has 2 heterocycles. The number of aliphatic hydroxyl groups is 2. The molecule has 0 fully saturated rings. The lowest BCUT2D eigenvalue weighted by Gasteiger charge is -2.00. The number of rotatable bonds is 4. The summed E-state index contributed by atoms with van der Waals surface area (Å²) in [6.45, 7) is 5.12. The number of aryl methyl sites for hydroxylation is 2. The van der Waals surface area contributed by atoms with Crippen molar-refractivity contribution in [3.8, 4) is 0 Å². The number of hydrogen-bond acceptors (Lipinski definition) is 7. The molecule has 0 amide bonds. The van der Waals surface area contributed by atoms with Crippen molar-refractivity contribution in [3.63, 3.8) is 0 Å². The molecular formula is C13H16N4O4S. The van der Waals surface area contributed by atoms with E-state index in [0.717, 1.165) is 17.0 Å². The van der Waals surface area contributed by atoms with E-state index in [1.165, 1.54) is 6.92 Å². The molecule has 0 bridgehead atoms. The number of carboxylic acid groups (broad SMARTS) is 1. The monoisotopic (exact) mass is 324 g/mol. The van der Waals surface area contributed by atoms with Crippen LogP contribution in [0.2, 0.25) is 0 Å². The zero-order valence-corrected chi connectivity index (χ0v) is 13.3. The van der Waals surface area contributed by atoms with E-state index in [0.29, 0.717) is 11.4 Å². The summed E-state index contributed by atoms with van der Waals surface area (Å²) < 4.78 is 1.66. The highest BCUT2D eigenvalue weighted by molar-refractivity contribution is 7.16. The normalized spacial score (nSPS) is 11.8. The fourth-order valence-electron chi connectivity index (χ4n) is 2.09. The van der Waals surface area contributed by atoms with E-state index in [1.807, 2.05) is 6.92 Å². The first kappa shape index (κ1) is 16.3. The van der Waals surface area contributed by atoms with Crippen molar-refractivity contribution in [1.29, 1.82) is 0 Å². The SMILES string of the molecule is Cc1nn(C)c(C)c1N=Nc1sc(C(O)O)c(C)c1C(=O)O. The van der Waals surface area contributed by atoms with Crippen molar-refractivity contribution < 1.29 is 20.1 Å². The van der Waals surface area contributed by atoms with Gasteiger partial charge in [0.1, 0.15) is 11.3 Å². The average Bonchev–Trinajstić information content (AvgIpc) is 2.86. The van der Waals surface area contributed by atoms with E-state index < -0.39 is 12.3 Å². The first-order chi connectivity index (χ1) is 10.2. The Morgan fingerprint density at radius 2 is 1.91 bits per heavy atom. The fourth-order valence-corrected chi connectivity index (χ4v) is 3.08. The zero-order valence-electron chi connectivity index (χ0n) is 12.5. The van der Waals surface area contributed by atoms with Crippen molar-refractivity contribution in [1.82, 2.24) is 9.78 Å². The second kappa shape index (κ2) is 5.95. The van der Waals surface area contributed by atoms with Crippen LogP contribution in [0.25, 0.3) is 0 Å². The van der Waals surface area contributed by atoms with Crippen LogP contribution in [-0.2, 0) is 7.05 Å². The van der Waals surface area contributed by atoms with E-state index in [4.69, 9.17) is 0 Å². The van der Waals surface area contributed by atoms with Gasteiger partial charge in [-0.15, -0.1) is 21.6 Å². The largest absolute Gasteiger partial charge is 0.478 e. The van der Waals surface area contributed by atoms with Crippen LogP contribution < -0.4 is 0 Å². The maximum absolute atomic E-state index is 11.4. The highest BCUT2D eigenvalue weighted by Gasteiger charge is 2.23. The Bertz CT molecular complexity index is 761. The van der Waals surface area contributed by atoms with E-state index in [9.17, 15) is 20.1 Å². The lowest BCUT2D eigenvalue weighted by Crippen LogP contribution is -1.99. The molecule has 8 nitrogen and oxygen atoms in total. The number of carboxylic acids is 1. The first-order valence-electron chi connectivity index (χ1n) is 6.38. The molecular weight excluding hydrogens is 308 g/mol. The molecule has 0 spiro atoms. The maximum atomic E-state index is 11.4. The van der Waals surface area contributed by atoms with Crippen molar-refractivity contribution in [2.24, 2.45) is 17.3 Å². The highest BCUT2D eigenvalue weighted by Crippen LogP contribution is 2.39. The molecule has 0 aliphatic heterocycles. The smallest absolute Gasteiger partial charge is 0.339 e. The highest BCUT2D eigenvalue weighted by atomic mass is 32.1. The minimum absolute atomic E-state index is 0.0731. The molecule has 22 heavy (non-hydrogen) atoms. The van der Waals surface area contributed by atoms with Crippen LogP contribution >= 0.6 is 11.3 Å². The molecule has 0 saturated heterocycles. The number of azo groups is 1. The number of carbonyl (C=O) groups is 1. The molecule has 2 aromatic rings. The Kier molecular flexibility index (Phi) is 4.40. The fraction of sp³-hybridized carbons (Fsp3) is 0.385. The number of hydrogen-bond donors (Lipinski definition) is 3. The molecule has 0 aliphatic rings. The topological polar surface area (TPSA) is 120 Å². The van der Waals surface area contributed by atoms with Crippen LogP contribution in [0.4, 0.5) is 10.7 Å². The van der Waals surface area contributed by atoms with Gasteiger partial charge in [-0.25, -0.2) is 4.79 Å². The Morgan fingerprint density at radius 3 is 2.36 bits per heavy atom. The predicted octanol–water partition coefficient (Wildman–Crippen LogP) is 2.50. The average molecular weight is 324 g/mol. The Morgan fingerprint density at radius 1 is 1.27 bits per heavy atom. The van der Waals surface area contributed by atoms with Crippen molar-refractivity contribution in [2.45, 2.75) is 27.1 Å². The molecule has 3 N–H and O–H groups in total. The molecule has 0 atom stereocenters. The van der Waals surface area contributed by atoms with Gasteiger partial charge in [0.2, 0.25) is 0 Å². The van der Waals surface area contributed by atoms with Crippen LogP contribution in [-0.4, -0.2) is 31.1 Å². The summed E-state index contributed by atoms with van der Waals surface area (Å²) in [7, 11) is 1.78. The predicted molar refractivity (Wildman–Crippen MR) is 80.1 cm³/mol. The summed E-state index contributed by atoms with van der Waals surface area (Å²) >= 11 is 0.892. The van der Waals surface area contributed by atoms with E-state index in [2.05, 4.69) is 15.3 Å². The molecule has 118 valence electrons. The molecule has 2 aromatic heterocycles. The third-order valence-electron chi connectivity index (χ3n) is 3.33. The first-order valence-corrected chi connectivity index (χ1v) is 7.20. The lowest BCUT2D eigenvalue weighted by atomic mass is 10.1. The van der Waals surface area contributed by atoms with Crippen LogP contribution in [0.3, 0.4) is 0 Å². The van der Waals surface area contributed by atoms with E-state index in [1.54, 1.807) is 18.7 Å². The number of thiophene rings is 1. The summed E-state index contributed by atoms with van der Waals surface area (Å²) in [5.41, 5.74) is 2.25. The van der Waals surface area contributed by atoms with Gasteiger partial charge in [0, 0.05) is 7.05 Å². The number of aromatic carboxylic acids is 1. The standard InChI is InChI=1S/C13H16N4O4S/c1-5-8(12(18)19)11(22-10(5)13(20)21)15-14-9-6(2)16-17(4)7(9)3/h13,20-21H,1-4H3,(H,18,19). The second-order valence-corrected chi connectivity index (χ2v) is 5.82. The summed E-state index contributed by atoms with van der Waals surface area (Å²) in [5, 5.41) is 40.2. The van der Waals surface area contributed by atoms with Gasteiger partial charge in [0.25, 0.3) is 0 Å². The quantitative estimate of drug-likeness (QED) is 0.589. The minimum Gasteiger partial charge on any atom is -0.478 e. The number of aromatic nitrogens is 2. The van der Waals surface area contributed by atoms with E-state index in [-0.39, 0.29) is 21.0 Å². The zero-order chi connectivity index (χ0) is 16.6. The van der Waals surface area contributed by atoms with Gasteiger partial charge in [-0.2, -0.15) is 5.10 Å². The van der Waals surface area contributed by atoms with Gasteiger partial charge in [0.15, 0.2) is 11.3 Å². The molecule has 0 radical (unpaired) electrons.